The normalized spacial score (nSPS) is 14.5. The van der Waals surface area contributed by atoms with Crippen molar-refractivity contribution in [2.45, 2.75) is 12.8 Å². The lowest BCUT2D eigenvalue weighted by Crippen LogP contribution is -2.51. The number of Topliss-reactive ketones (excluding diaryl/α,β-unsaturated/α-hetero) is 1. The lowest BCUT2D eigenvalue weighted by Gasteiger charge is -2.31. The lowest BCUT2D eigenvalue weighted by atomic mass is 9.89. The monoisotopic (exact) mass is 351 g/mol. The quantitative estimate of drug-likeness (QED) is 0.659. The first-order valence-corrected chi connectivity index (χ1v) is 8.64. The van der Waals surface area contributed by atoms with Crippen LogP contribution in [-0.4, -0.2) is 35.7 Å². The molecule has 6 heteroatoms. The lowest BCUT2D eigenvalue weighted by molar-refractivity contribution is 0.0850. The number of rotatable bonds is 3. The van der Waals surface area contributed by atoms with E-state index < -0.39 is 0 Å². The summed E-state index contributed by atoms with van der Waals surface area (Å²) in [5.41, 5.74) is 6.02. The van der Waals surface area contributed by atoms with Crippen LogP contribution in [0.2, 0.25) is 0 Å². The van der Waals surface area contributed by atoms with Crippen LogP contribution >= 0.6 is 0 Å². The molecule has 1 aliphatic heterocycles. The van der Waals surface area contributed by atoms with Crippen molar-refractivity contribution in [3.05, 3.63) is 71.8 Å². The Morgan fingerprint density at radius 3 is 1.88 bits per heavy atom. The maximum absolute atomic E-state index is 12.5. The molecule has 1 fully saturated rings. The van der Waals surface area contributed by atoms with Crippen molar-refractivity contribution >= 4 is 17.7 Å². The predicted molar refractivity (Wildman–Crippen MR) is 97.5 cm³/mol. The van der Waals surface area contributed by atoms with Crippen LogP contribution in [0.15, 0.2) is 60.7 Å². The molecule has 0 bridgehead atoms. The highest BCUT2D eigenvalue weighted by Crippen LogP contribution is 2.21. The Balaban J connectivity index is 1.46. The van der Waals surface area contributed by atoms with Gasteiger partial charge in [-0.05, 0) is 25.0 Å². The first kappa shape index (κ1) is 17.7. The van der Waals surface area contributed by atoms with Gasteiger partial charge in [-0.2, -0.15) is 0 Å². The molecule has 0 atom stereocenters. The number of ketones is 1. The van der Waals surface area contributed by atoms with Crippen LogP contribution in [0, 0.1) is 5.92 Å². The smallest absolute Gasteiger partial charge is 0.323 e. The molecule has 0 saturated carbocycles. The molecule has 3 rings (SSSR count). The number of hydrazine groups is 1. The standard InChI is InChI=1S/C20H21N3O3/c24-18(15-7-3-1-4-8-15)16-11-13-23(14-12-16)20(26)22-21-19(25)17-9-5-2-6-10-17/h1-10,16H,11-14H2,(H,21,25)(H,22,26). The first-order chi connectivity index (χ1) is 12.6. The maximum atomic E-state index is 12.5. The van der Waals surface area contributed by atoms with Gasteiger partial charge in [0.25, 0.3) is 5.91 Å². The van der Waals surface area contributed by atoms with Gasteiger partial charge in [0.15, 0.2) is 5.78 Å². The van der Waals surface area contributed by atoms with Crippen molar-refractivity contribution in [3.63, 3.8) is 0 Å². The fourth-order valence-electron chi connectivity index (χ4n) is 3.03. The van der Waals surface area contributed by atoms with E-state index in [1.54, 1.807) is 29.2 Å². The van der Waals surface area contributed by atoms with Crippen LogP contribution in [0.4, 0.5) is 4.79 Å². The highest BCUT2D eigenvalue weighted by Gasteiger charge is 2.28. The van der Waals surface area contributed by atoms with Gasteiger partial charge in [-0.25, -0.2) is 10.2 Å². The van der Waals surface area contributed by atoms with Gasteiger partial charge >= 0.3 is 6.03 Å². The van der Waals surface area contributed by atoms with Crippen LogP contribution in [0.5, 0.6) is 0 Å². The minimum absolute atomic E-state index is 0.0691. The van der Waals surface area contributed by atoms with Crippen LogP contribution < -0.4 is 10.9 Å². The van der Waals surface area contributed by atoms with Crippen molar-refractivity contribution in [2.24, 2.45) is 5.92 Å². The van der Waals surface area contributed by atoms with E-state index in [1.807, 2.05) is 36.4 Å². The molecule has 2 aromatic rings. The largest absolute Gasteiger partial charge is 0.336 e. The van der Waals surface area contributed by atoms with Gasteiger partial charge in [0.05, 0.1) is 0 Å². The zero-order valence-electron chi connectivity index (χ0n) is 14.4. The summed E-state index contributed by atoms with van der Waals surface area (Å²) in [7, 11) is 0. The Morgan fingerprint density at radius 2 is 1.31 bits per heavy atom. The number of nitrogens with one attached hydrogen (secondary N) is 2. The number of amides is 3. The van der Waals surface area contributed by atoms with E-state index >= 15 is 0 Å². The molecule has 1 saturated heterocycles. The summed E-state index contributed by atoms with van der Waals surface area (Å²) in [5, 5.41) is 0. The number of hydrogen-bond acceptors (Lipinski definition) is 3. The number of hydrogen-bond donors (Lipinski definition) is 2. The average molecular weight is 351 g/mol. The fraction of sp³-hybridized carbons (Fsp3) is 0.250. The Kier molecular flexibility index (Phi) is 5.63. The Bertz CT molecular complexity index is 769. The number of piperidine rings is 1. The predicted octanol–water partition coefficient (Wildman–Crippen LogP) is 2.64. The molecule has 1 aliphatic rings. The molecule has 0 aliphatic carbocycles. The molecule has 26 heavy (non-hydrogen) atoms. The van der Waals surface area contributed by atoms with Crippen LogP contribution in [-0.2, 0) is 0 Å². The third kappa shape index (κ3) is 4.27. The second kappa shape index (κ2) is 8.29. The molecular formula is C20H21N3O3. The van der Waals surface area contributed by atoms with E-state index in [2.05, 4.69) is 10.9 Å². The summed E-state index contributed by atoms with van der Waals surface area (Å²) < 4.78 is 0. The van der Waals surface area contributed by atoms with Gasteiger partial charge < -0.3 is 4.90 Å². The Hall–Kier alpha value is -3.15. The van der Waals surface area contributed by atoms with Gasteiger partial charge in [-0.3, -0.25) is 15.0 Å². The third-order valence-corrected chi connectivity index (χ3v) is 4.53. The third-order valence-electron chi connectivity index (χ3n) is 4.53. The molecular weight excluding hydrogens is 330 g/mol. The SMILES string of the molecule is O=C(NNC(=O)N1CCC(C(=O)c2ccccc2)CC1)c1ccccc1. The number of likely N-dealkylation sites (tertiary alicyclic amines) is 1. The van der Waals surface area contributed by atoms with Crippen molar-refractivity contribution in [1.29, 1.82) is 0 Å². The second-order valence-corrected chi connectivity index (χ2v) is 6.24. The molecule has 3 amide bonds. The average Bonchev–Trinajstić information content (AvgIpc) is 2.72. The van der Waals surface area contributed by atoms with E-state index in [9.17, 15) is 14.4 Å². The zero-order chi connectivity index (χ0) is 18.4. The number of urea groups is 1. The highest BCUT2D eigenvalue weighted by atomic mass is 16.2. The molecule has 0 aromatic heterocycles. The van der Waals surface area contributed by atoms with E-state index in [0.717, 1.165) is 0 Å². The molecule has 0 spiro atoms. The molecule has 2 aromatic carbocycles. The second-order valence-electron chi connectivity index (χ2n) is 6.24. The number of carbonyl (C=O) groups is 3. The first-order valence-electron chi connectivity index (χ1n) is 8.64. The Labute approximate surface area is 152 Å². The van der Waals surface area contributed by atoms with Gasteiger partial charge in [-0.1, -0.05) is 48.5 Å². The zero-order valence-corrected chi connectivity index (χ0v) is 14.4. The molecule has 1 heterocycles. The number of benzene rings is 2. The van der Waals surface area contributed by atoms with Gasteiger partial charge in [0, 0.05) is 30.1 Å². The van der Waals surface area contributed by atoms with Crippen LogP contribution in [0.1, 0.15) is 33.6 Å². The van der Waals surface area contributed by atoms with E-state index in [1.165, 1.54) is 0 Å². The minimum atomic E-state index is -0.368. The minimum Gasteiger partial charge on any atom is -0.323 e. The topological polar surface area (TPSA) is 78.5 Å². The van der Waals surface area contributed by atoms with Crippen LogP contribution in [0.25, 0.3) is 0 Å². The highest BCUT2D eigenvalue weighted by molar-refractivity contribution is 5.98. The Morgan fingerprint density at radius 1 is 0.769 bits per heavy atom. The maximum Gasteiger partial charge on any atom is 0.336 e. The molecule has 0 unspecified atom stereocenters. The summed E-state index contributed by atoms with van der Waals surface area (Å²) in [5.74, 6) is -0.309. The number of carbonyl (C=O) groups excluding carboxylic acids is 3. The van der Waals surface area contributed by atoms with Crippen molar-refractivity contribution < 1.29 is 14.4 Å². The van der Waals surface area contributed by atoms with Crippen LogP contribution in [0.3, 0.4) is 0 Å². The summed E-state index contributed by atoms with van der Waals surface area (Å²) >= 11 is 0. The molecule has 2 N–H and O–H groups in total. The molecule has 134 valence electrons. The van der Waals surface area contributed by atoms with Gasteiger partial charge in [-0.15, -0.1) is 0 Å². The van der Waals surface area contributed by atoms with Crippen molar-refractivity contribution in [3.8, 4) is 0 Å². The van der Waals surface area contributed by atoms with Crippen molar-refractivity contribution in [1.82, 2.24) is 15.8 Å². The summed E-state index contributed by atoms with van der Waals surface area (Å²) in [6, 6.07) is 17.5. The van der Waals surface area contributed by atoms with E-state index in [4.69, 9.17) is 0 Å². The van der Waals surface area contributed by atoms with Crippen molar-refractivity contribution in [2.75, 3.05) is 13.1 Å². The van der Waals surface area contributed by atoms with Gasteiger partial charge in [0.1, 0.15) is 0 Å². The number of nitrogens with zero attached hydrogens (tertiary/aromatic N) is 1. The van der Waals surface area contributed by atoms with Gasteiger partial charge in [0.2, 0.25) is 0 Å². The molecule has 0 radical (unpaired) electrons. The summed E-state index contributed by atoms with van der Waals surface area (Å²) in [6.45, 7) is 0.965. The fourth-order valence-corrected chi connectivity index (χ4v) is 3.03. The van der Waals surface area contributed by atoms with E-state index in [0.29, 0.717) is 37.1 Å². The van der Waals surface area contributed by atoms with E-state index in [-0.39, 0.29) is 23.6 Å². The summed E-state index contributed by atoms with van der Waals surface area (Å²) in [6.07, 6.45) is 1.24. The summed E-state index contributed by atoms with van der Waals surface area (Å²) in [4.78, 5) is 38.2. The molecule has 6 nitrogen and oxygen atoms in total.